The van der Waals surface area contributed by atoms with Crippen LogP contribution in [0.1, 0.15) is 6.92 Å². The van der Waals surface area contributed by atoms with Crippen LogP contribution >= 0.6 is 0 Å². The summed E-state index contributed by atoms with van der Waals surface area (Å²) in [5, 5.41) is 3.35. The summed E-state index contributed by atoms with van der Waals surface area (Å²) in [6.45, 7) is 3.08. The molecule has 0 amide bonds. The van der Waals surface area contributed by atoms with Crippen LogP contribution in [0, 0.1) is 0 Å². The first kappa shape index (κ1) is 12.8. The molecule has 0 aromatic heterocycles. The van der Waals surface area contributed by atoms with Crippen molar-refractivity contribution < 1.29 is 9.47 Å². The van der Waals surface area contributed by atoms with E-state index < -0.39 is 0 Å². The highest BCUT2D eigenvalue weighted by molar-refractivity contribution is 5.50. The molecular weight excluding hydrogens is 204 g/mol. The normalized spacial score (nSPS) is 14.2. The standard InChI is InChI=1S/C12H20N2O2/c1-12(8-13,9-15-2)14-10-5-4-6-11(7-10)16-3/h4-7,14H,8-9,13H2,1-3H3. The van der Waals surface area contributed by atoms with Crippen LogP contribution in [0.25, 0.3) is 0 Å². The molecule has 4 nitrogen and oxygen atoms in total. The van der Waals surface area contributed by atoms with Gasteiger partial charge in [-0.1, -0.05) is 6.07 Å². The first-order valence-corrected chi connectivity index (χ1v) is 5.25. The lowest BCUT2D eigenvalue weighted by Gasteiger charge is -2.29. The number of methoxy groups -OCH3 is 2. The maximum atomic E-state index is 5.74. The van der Waals surface area contributed by atoms with Crippen LogP contribution in [0.3, 0.4) is 0 Å². The molecule has 1 unspecified atom stereocenters. The summed E-state index contributed by atoms with van der Waals surface area (Å²) >= 11 is 0. The van der Waals surface area contributed by atoms with Gasteiger partial charge in [0, 0.05) is 25.4 Å². The number of hydrogen-bond donors (Lipinski definition) is 2. The molecule has 0 aliphatic rings. The van der Waals surface area contributed by atoms with Gasteiger partial charge in [0.1, 0.15) is 5.75 Å². The maximum absolute atomic E-state index is 5.74. The average Bonchev–Trinajstić information content (AvgIpc) is 2.29. The van der Waals surface area contributed by atoms with Crippen molar-refractivity contribution in [1.29, 1.82) is 0 Å². The molecule has 1 rings (SSSR count). The second-order valence-corrected chi connectivity index (χ2v) is 4.05. The van der Waals surface area contributed by atoms with Gasteiger partial charge in [0.2, 0.25) is 0 Å². The molecule has 4 heteroatoms. The molecule has 3 N–H and O–H groups in total. The van der Waals surface area contributed by atoms with Crippen LogP contribution < -0.4 is 15.8 Å². The number of rotatable bonds is 6. The lowest BCUT2D eigenvalue weighted by molar-refractivity contribution is 0.153. The third-order valence-electron chi connectivity index (χ3n) is 2.43. The molecule has 90 valence electrons. The topological polar surface area (TPSA) is 56.5 Å². The molecular formula is C12H20N2O2. The van der Waals surface area contributed by atoms with Crippen LogP contribution in [0.2, 0.25) is 0 Å². The lowest BCUT2D eigenvalue weighted by atomic mass is 10.0. The van der Waals surface area contributed by atoms with E-state index in [0.717, 1.165) is 11.4 Å². The van der Waals surface area contributed by atoms with Gasteiger partial charge in [0.05, 0.1) is 19.3 Å². The van der Waals surface area contributed by atoms with Gasteiger partial charge in [-0.25, -0.2) is 0 Å². The minimum Gasteiger partial charge on any atom is -0.497 e. The molecule has 0 fully saturated rings. The molecule has 0 aliphatic carbocycles. The Labute approximate surface area is 96.7 Å². The van der Waals surface area contributed by atoms with Gasteiger partial charge in [-0.05, 0) is 19.1 Å². The summed E-state index contributed by atoms with van der Waals surface area (Å²) in [5.74, 6) is 0.821. The second kappa shape index (κ2) is 5.72. The molecule has 1 aromatic carbocycles. The van der Waals surface area contributed by atoms with Gasteiger partial charge in [0.15, 0.2) is 0 Å². The summed E-state index contributed by atoms with van der Waals surface area (Å²) in [4.78, 5) is 0. The van der Waals surface area contributed by atoms with Crippen molar-refractivity contribution in [2.24, 2.45) is 5.73 Å². The van der Waals surface area contributed by atoms with Crippen molar-refractivity contribution in [3.63, 3.8) is 0 Å². The quantitative estimate of drug-likeness (QED) is 0.768. The van der Waals surface area contributed by atoms with Gasteiger partial charge >= 0.3 is 0 Å². The Morgan fingerprint density at radius 1 is 1.38 bits per heavy atom. The van der Waals surface area contributed by atoms with Crippen LogP contribution in [0.5, 0.6) is 5.75 Å². The number of nitrogens with one attached hydrogen (secondary N) is 1. The first-order chi connectivity index (χ1) is 7.63. The predicted molar refractivity (Wildman–Crippen MR) is 66.0 cm³/mol. The molecule has 16 heavy (non-hydrogen) atoms. The van der Waals surface area contributed by atoms with Gasteiger partial charge in [0.25, 0.3) is 0 Å². The Hall–Kier alpha value is -1.26. The summed E-state index contributed by atoms with van der Waals surface area (Å²) < 4.78 is 10.3. The molecule has 1 atom stereocenters. The lowest BCUT2D eigenvalue weighted by Crippen LogP contribution is -2.46. The Kier molecular flexibility index (Phi) is 4.58. The molecule has 0 saturated carbocycles. The fourth-order valence-electron chi connectivity index (χ4n) is 1.51. The number of anilines is 1. The molecule has 0 radical (unpaired) electrons. The van der Waals surface area contributed by atoms with Crippen LogP contribution in [0.4, 0.5) is 5.69 Å². The van der Waals surface area contributed by atoms with Crippen molar-refractivity contribution in [3.8, 4) is 5.75 Å². The van der Waals surface area contributed by atoms with Gasteiger partial charge in [-0.15, -0.1) is 0 Å². The van der Waals surface area contributed by atoms with Crippen LogP contribution in [-0.2, 0) is 4.74 Å². The average molecular weight is 224 g/mol. The molecule has 1 aromatic rings. The minimum atomic E-state index is -0.263. The maximum Gasteiger partial charge on any atom is 0.120 e. The van der Waals surface area contributed by atoms with E-state index in [1.807, 2.05) is 31.2 Å². The van der Waals surface area contributed by atoms with Gasteiger partial charge < -0.3 is 20.5 Å². The highest BCUT2D eigenvalue weighted by atomic mass is 16.5. The molecule has 0 bridgehead atoms. The van der Waals surface area contributed by atoms with Crippen LogP contribution in [-0.4, -0.2) is 32.9 Å². The highest BCUT2D eigenvalue weighted by Gasteiger charge is 2.21. The van der Waals surface area contributed by atoms with Gasteiger partial charge in [-0.2, -0.15) is 0 Å². The molecule has 0 spiro atoms. The number of nitrogens with two attached hydrogens (primary N) is 1. The zero-order valence-electron chi connectivity index (χ0n) is 10.1. The molecule has 0 heterocycles. The SMILES string of the molecule is COCC(C)(CN)Nc1cccc(OC)c1. The van der Waals surface area contributed by atoms with Crippen molar-refractivity contribution >= 4 is 5.69 Å². The second-order valence-electron chi connectivity index (χ2n) is 4.05. The Bertz CT molecular complexity index is 331. The van der Waals surface area contributed by atoms with Crippen molar-refractivity contribution in [2.75, 3.05) is 32.7 Å². The number of ether oxygens (including phenoxy) is 2. The Morgan fingerprint density at radius 3 is 2.69 bits per heavy atom. The van der Waals surface area contributed by atoms with E-state index in [-0.39, 0.29) is 5.54 Å². The zero-order chi connectivity index (χ0) is 12.0. The number of hydrogen-bond acceptors (Lipinski definition) is 4. The summed E-state index contributed by atoms with van der Waals surface area (Å²) in [5.41, 5.74) is 6.45. The fraction of sp³-hybridized carbons (Fsp3) is 0.500. The fourth-order valence-corrected chi connectivity index (χ4v) is 1.51. The van der Waals surface area contributed by atoms with E-state index in [0.29, 0.717) is 13.2 Å². The molecule has 0 saturated heterocycles. The number of benzene rings is 1. The van der Waals surface area contributed by atoms with Crippen molar-refractivity contribution in [3.05, 3.63) is 24.3 Å². The third-order valence-corrected chi connectivity index (χ3v) is 2.43. The summed E-state index contributed by atoms with van der Waals surface area (Å²) in [6.07, 6.45) is 0. The zero-order valence-corrected chi connectivity index (χ0v) is 10.1. The van der Waals surface area contributed by atoms with E-state index in [1.54, 1.807) is 14.2 Å². The van der Waals surface area contributed by atoms with E-state index in [9.17, 15) is 0 Å². The van der Waals surface area contributed by atoms with Gasteiger partial charge in [-0.3, -0.25) is 0 Å². The van der Waals surface area contributed by atoms with E-state index in [2.05, 4.69) is 5.32 Å². The Morgan fingerprint density at radius 2 is 2.12 bits per heavy atom. The smallest absolute Gasteiger partial charge is 0.120 e. The van der Waals surface area contributed by atoms with Crippen molar-refractivity contribution in [1.82, 2.24) is 0 Å². The van der Waals surface area contributed by atoms with E-state index in [4.69, 9.17) is 15.2 Å². The first-order valence-electron chi connectivity index (χ1n) is 5.25. The molecule has 0 aliphatic heterocycles. The third kappa shape index (κ3) is 3.40. The monoisotopic (exact) mass is 224 g/mol. The van der Waals surface area contributed by atoms with E-state index in [1.165, 1.54) is 0 Å². The largest absolute Gasteiger partial charge is 0.497 e. The highest BCUT2D eigenvalue weighted by Crippen LogP contribution is 2.20. The Balaban J connectivity index is 2.77. The predicted octanol–water partition coefficient (Wildman–Crippen LogP) is 1.47. The van der Waals surface area contributed by atoms with E-state index >= 15 is 0 Å². The van der Waals surface area contributed by atoms with Crippen LogP contribution in [0.15, 0.2) is 24.3 Å². The summed E-state index contributed by atoms with van der Waals surface area (Å²) in [7, 11) is 3.32. The van der Waals surface area contributed by atoms with Crippen molar-refractivity contribution in [2.45, 2.75) is 12.5 Å². The minimum absolute atomic E-state index is 0.263. The summed E-state index contributed by atoms with van der Waals surface area (Å²) in [6, 6.07) is 7.75.